The molecule has 3 aromatic carbocycles. The van der Waals surface area contributed by atoms with Crippen LogP contribution in [0.2, 0.25) is 0 Å². The fourth-order valence-corrected chi connectivity index (χ4v) is 3.17. The molecule has 0 spiro atoms. The predicted octanol–water partition coefficient (Wildman–Crippen LogP) is 3.95. The topological polar surface area (TPSA) is 32.3 Å². The lowest BCUT2D eigenvalue weighted by atomic mass is 9.77. The molecule has 122 valence electrons. The Morgan fingerprint density at radius 3 is 1.33 bits per heavy atom. The largest absolute Gasteiger partial charge is 0.392 e. The minimum atomic E-state index is -0.499. The van der Waals surface area contributed by atoms with Gasteiger partial charge in [0.05, 0.1) is 11.6 Å². The first-order valence-electron chi connectivity index (χ1n) is 8.33. The lowest BCUT2D eigenvalue weighted by Crippen LogP contribution is -2.47. The SMILES string of the molecule is CC(O)CNC(c1ccccc1)(c1ccccc1)c1ccccc1. The normalized spacial score (nSPS) is 12.8. The van der Waals surface area contributed by atoms with Gasteiger partial charge in [-0.2, -0.15) is 0 Å². The summed E-state index contributed by atoms with van der Waals surface area (Å²) in [4.78, 5) is 0. The summed E-state index contributed by atoms with van der Waals surface area (Å²) in [6.07, 6.45) is -0.430. The summed E-state index contributed by atoms with van der Waals surface area (Å²) in [7, 11) is 0. The van der Waals surface area contributed by atoms with E-state index in [0.29, 0.717) is 6.54 Å². The first kappa shape index (κ1) is 16.4. The molecule has 0 bridgehead atoms. The van der Waals surface area contributed by atoms with E-state index in [-0.39, 0.29) is 0 Å². The van der Waals surface area contributed by atoms with E-state index in [1.165, 1.54) is 0 Å². The van der Waals surface area contributed by atoms with Crippen LogP contribution in [0.1, 0.15) is 23.6 Å². The van der Waals surface area contributed by atoms with Crippen LogP contribution in [0.5, 0.6) is 0 Å². The third-order valence-corrected chi connectivity index (χ3v) is 4.28. The second-order valence-corrected chi connectivity index (χ2v) is 6.08. The first-order valence-corrected chi connectivity index (χ1v) is 8.33. The van der Waals surface area contributed by atoms with Crippen molar-refractivity contribution >= 4 is 0 Å². The zero-order valence-electron chi connectivity index (χ0n) is 13.9. The van der Waals surface area contributed by atoms with Crippen molar-refractivity contribution < 1.29 is 5.11 Å². The van der Waals surface area contributed by atoms with Gasteiger partial charge in [-0.25, -0.2) is 0 Å². The van der Waals surface area contributed by atoms with E-state index in [0.717, 1.165) is 16.7 Å². The van der Waals surface area contributed by atoms with Gasteiger partial charge >= 0.3 is 0 Å². The predicted molar refractivity (Wildman–Crippen MR) is 98.9 cm³/mol. The molecule has 0 aliphatic rings. The monoisotopic (exact) mass is 317 g/mol. The summed E-state index contributed by atoms with van der Waals surface area (Å²) in [6, 6.07) is 31.2. The Bertz CT molecular complexity index is 642. The van der Waals surface area contributed by atoms with Gasteiger partial charge in [-0.15, -0.1) is 0 Å². The molecule has 0 aliphatic carbocycles. The van der Waals surface area contributed by atoms with Crippen LogP contribution in [0.3, 0.4) is 0 Å². The zero-order valence-corrected chi connectivity index (χ0v) is 13.9. The molecule has 3 rings (SSSR count). The van der Waals surface area contributed by atoms with Crippen LogP contribution in [0.25, 0.3) is 0 Å². The molecule has 24 heavy (non-hydrogen) atoms. The highest BCUT2D eigenvalue weighted by atomic mass is 16.3. The first-order chi connectivity index (χ1) is 11.7. The van der Waals surface area contributed by atoms with Gasteiger partial charge in [0, 0.05) is 6.54 Å². The molecule has 0 saturated carbocycles. The van der Waals surface area contributed by atoms with Crippen molar-refractivity contribution in [3.63, 3.8) is 0 Å². The van der Waals surface area contributed by atoms with Crippen LogP contribution in [-0.4, -0.2) is 17.8 Å². The van der Waals surface area contributed by atoms with Crippen molar-refractivity contribution in [3.05, 3.63) is 108 Å². The highest BCUT2D eigenvalue weighted by molar-refractivity contribution is 5.49. The minimum absolute atomic E-state index is 0.430. The number of aliphatic hydroxyl groups excluding tert-OH is 1. The number of hydrogen-bond acceptors (Lipinski definition) is 2. The van der Waals surface area contributed by atoms with Gasteiger partial charge in [0.2, 0.25) is 0 Å². The average Bonchev–Trinajstić information content (AvgIpc) is 2.65. The summed E-state index contributed by atoms with van der Waals surface area (Å²) >= 11 is 0. The summed E-state index contributed by atoms with van der Waals surface area (Å²) in [5.41, 5.74) is 2.97. The van der Waals surface area contributed by atoms with Crippen LogP contribution in [0.4, 0.5) is 0 Å². The molecular weight excluding hydrogens is 294 g/mol. The fraction of sp³-hybridized carbons (Fsp3) is 0.182. The third-order valence-electron chi connectivity index (χ3n) is 4.28. The van der Waals surface area contributed by atoms with Crippen molar-refractivity contribution in [1.29, 1.82) is 0 Å². The van der Waals surface area contributed by atoms with Crippen molar-refractivity contribution in [2.75, 3.05) is 6.54 Å². The number of hydrogen-bond donors (Lipinski definition) is 2. The smallest absolute Gasteiger partial charge is 0.0948 e. The van der Waals surface area contributed by atoms with Crippen molar-refractivity contribution in [2.24, 2.45) is 0 Å². The standard InChI is InChI=1S/C22H23NO/c1-18(24)17-23-22(19-11-5-2-6-12-19,20-13-7-3-8-14-20)21-15-9-4-10-16-21/h2-16,18,23-24H,17H2,1H3. The molecule has 0 saturated heterocycles. The molecule has 0 radical (unpaired) electrons. The van der Waals surface area contributed by atoms with Gasteiger partial charge in [0.25, 0.3) is 0 Å². The van der Waals surface area contributed by atoms with Crippen molar-refractivity contribution in [3.8, 4) is 0 Å². The second kappa shape index (κ2) is 7.43. The van der Waals surface area contributed by atoms with E-state index >= 15 is 0 Å². The minimum Gasteiger partial charge on any atom is -0.392 e. The number of benzene rings is 3. The molecule has 0 amide bonds. The molecule has 1 unspecified atom stereocenters. The van der Waals surface area contributed by atoms with Gasteiger partial charge in [-0.3, -0.25) is 5.32 Å². The van der Waals surface area contributed by atoms with Gasteiger partial charge < -0.3 is 5.11 Å². The fourth-order valence-electron chi connectivity index (χ4n) is 3.17. The Morgan fingerprint density at radius 2 is 1.04 bits per heavy atom. The van der Waals surface area contributed by atoms with Gasteiger partial charge in [-0.1, -0.05) is 91.0 Å². The van der Waals surface area contributed by atoms with E-state index in [1.807, 2.05) is 18.2 Å². The van der Waals surface area contributed by atoms with Crippen LogP contribution >= 0.6 is 0 Å². The Labute approximate surface area is 143 Å². The Kier molecular flexibility index (Phi) is 5.09. The highest BCUT2D eigenvalue weighted by Gasteiger charge is 2.35. The molecule has 2 N–H and O–H groups in total. The summed E-state index contributed by atoms with van der Waals surface area (Å²) in [5.74, 6) is 0. The van der Waals surface area contributed by atoms with Crippen molar-refractivity contribution in [1.82, 2.24) is 5.32 Å². The molecule has 2 heteroatoms. The molecule has 1 atom stereocenters. The maximum atomic E-state index is 9.89. The summed E-state index contributed by atoms with van der Waals surface area (Å²) in [6.45, 7) is 2.30. The Morgan fingerprint density at radius 1 is 0.708 bits per heavy atom. The number of aliphatic hydroxyl groups is 1. The lowest BCUT2D eigenvalue weighted by molar-refractivity contribution is 0.182. The van der Waals surface area contributed by atoms with Crippen LogP contribution in [0.15, 0.2) is 91.0 Å². The van der Waals surface area contributed by atoms with Gasteiger partial charge in [-0.05, 0) is 23.6 Å². The molecule has 0 fully saturated rings. The van der Waals surface area contributed by atoms with Crippen molar-refractivity contribution in [2.45, 2.75) is 18.6 Å². The second-order valence-electron chi connectivity index (χ2n) is 6.08. The Hall–Kier alpha value is -2.42. The molecular formula is C22H23NO. The summed E-state index contributed by atoms with van der Waals surface area (Å²) in [5, 5.41) is 13.5. The maximum Gasteiger partial charge on any atom is 0.0948 e. The molecule has 3 aromatic rings. The van der Waals surface area contributed by atoms with Crippen LogP contribution in [-0.2, 0) is 5.54 Å². The molecule has 0 aromatic heterocycles. The highest BCUT2D eigenvalue weighted by Crippen LogP contribution is 2.36. The molecule has 0 heterocycles. The van der Waals surface area contributed by atoms with E-state index in [1.54, 1.807) is 6.92 Å². The zero-order chi connectivity index (χ0) is 16.8. The quantitative estimate of drug-likeness (QED) is 0.675. The Balaban J connectivity index is 2.24. The van der Waals surface area contributed by atoms with E-state index in [2.05, 4.69) is 78.1 Å². The average molecular weight is 317 g/mol. The van der Waals surface area contributed by atoms with Crippen LogP contribution < -0.4 is 5.32 Å². The number of rotatable bonds is 6. The summed E-state index contributed by atoms with van der Waals surface area (Å²) < 4.78 is 0. The van der Waals surface area contributed by atoms with Crippen LogP contribution in [0, 0.1) is 0 Å². The van der Waals surface area contributed by atoms with E-state index in [4.69, 9.17) is 0 Å². The van der Waals surface area contributed by atoms with Gasteiger partial charge in [0.1, 0.15) is 0 Å². The maximum absolute atomic E-state index is 9.89. The van der Waals surface area contributed by atoms with E-state index < -0.39 is 11.6 Å². The lowest BCUT2D eigenvalue weighted by Gasteiger charge is -2.37. The number of nitrogens with one attached hydrogen (secondary N) is 1. The third kappa shape index (κ3) is 3.25. The molecule has 2 nitrogen and oxygen atoms in total. The molecule has 0 aliphatic heterocycles. The van der Waals surface area contributed by atoms with E-state index in [9.17, 15) is 5.11 Å². The van der Waals surface area contributed by atoms with Gasteiger partial charge in [0.15, 0.2) is 0 Å².